The fraction of sp³-hybridized carbons (Fsp3) is 0.529. The van der Waals surface area contributed by atoms with Crippen molar-refractivity contribution in [2.24, 2.45) is 0 Å². The lowest BCUT2D eigenvalue weighted by molar-refractivity contribution is 0.849. The summed E-state index contributed by atoms with van der Waals surface area (Å²) in [5.41, 5.74) is 5.91. The summed E-state index contributed by atoms with van der Waals surface area (Å²) in [4.78, 5) is 0. The van der Waals surface area contributed by atoms with Crippen LogP contribution in [0.5, 0.6) is 0 Å². The van der Waals surface area contributed by atoms with E-state index in [1.165, 1.54) is 55.2 Å². The van der Waals surface area contributed by atoms with E-state index >= 15 is 0 Å². The van der Waals surface area contributed by atoms with Crippen LogP contribution in [0.2, 0.25) is 0 Å². The molecule has 0 unspecified atom stereocenters. The molecule has 0 aliphatic heterocycles. The highest BCUT2D eigenvalue weighted by molar-refractivity contribution is 5.55. The minimum Gasteiger partial charge on any atom is -0.0985 e. The maximum Gasteiger partial charge on any atom is -0.0227 e. The lowest BCUT2D eigenvalue weighted by Gasteiger charge is -2.14. The van der Waals surface area contributed by atoms with Gasteiger partial charge in [-0.3, -0.25) is 0 Å². The molecule has 0 bridgehead atoms. The molecule has 0 heterocycles. The van der Waals surface area contributed by atoms with E-state index in [1.54, 1.807) is 5.56 Å². The number of aryl methyl sites for hydroxylation is 3. The van der Waals surface area contributed by atoms with Gasteiger partial charge in [0.2, 0.25) is 0 Å². The fourth-order valence-corrected chi connectivity index (χ4v) is 2.44. The molecule has 0 nitrogen and oxygen atoms in total. The summed E-state index contributed by atoms with van der Waals surface area (Å²) in [5, 5.41) is 0. The Bertz CT molecular complexity index is 361. The van der Waals surface area contributed by atoms with E-state index in [2.05, 4.69) is 39.5 Å². The first-order valence-electron chi connectivity index (χ1n) is 7.03. The van der Waals surface area contributed by atoms with Crippen molar-refractivity contribution in [1.29, 1.82) is 0 Å². The Kier molecular flexibility index (Phi) is 6.04. The van der Waals surface area contributed by atoms with Gasteiger partial charge in [-0.2, -0.15) is 0 Å². The Morgan fingerprint density at radius 3 is 1.76 bits per heavy atom. The van der Waals surface area contributed by atoms with Crippen molar-refractivity contribution in [3.05, 3.63) is 41.0 Å². The van der Waals surface area contributed by atoms with Gasteiger partial charge in [0.05, 0.1) is 0 Å². The third-order valence-electron chi connectivity index (χ3n) is 3.24. The smallest absolute Gasteiger partial charge is 0.0227 e. The largest absolute Gasteiger partial charge is 0.0985 e. The van der Waals surface area contributed by atoms with Gasteiger partial charge >= 0.3 is 0 Å². The molecule has 0 N–H and O–H groups in total. The number of benzene rings is 1. The van der Waals surface area contributed by atoms with Crippen molar-refractivity contribution in [3.63, 3.8) is 0 Å². The van der Waals surface area contributed by atoms with E-state index < -0.39 is 0 Å². The number of hydrogen-bond acceptors (Lipinski definition) is 0. The molecule has 0 aliphatic rings. The van der Waals surface area contributed by atoms with Crippen LogP contribution in [0.4, 0.5) is 0 Å². The van der Waals surface area contributed by atoms with E-state index in [0.29, 0.717) is 0 Å². The monoisotopic (exact) mass is 230 g/mol. The summed E-state index contributed by atoms with van der Waals surface area (Å²) in [7, 11) is 0. The average molecular weight is 230 g/mol. The van der Waals surface area contributed by atoms with Crippen LogP contribution in [-0.2, 0) is 19.3 Å². The van der Waals surface area contributed by atoms with E-state index in [4.69, 9.17) is 0 Å². The molecule has 1 aromatic carbocycles. The first-order valence-corrected chi connectivity index (χ1v) is 7.03. The van der Waals surface area contributed by atoms with Crippen molar-refractivity contribution >= 4 is 6.08 Å². The first kappa shape index (κ1) is 14.0. The molecule has 1 rings (SSSR count). The summed E-state index contributed by atoms with van der Waals surface area (Å²) in [6.07, 6.45) is 9.26. The Labute approximate surface area is 107 Å². The highest BCUT2D eigenvalue weighted by atomic mass is 14.1. The van der Waals surface area contributed by atoms with Gasteiger partial charge in [0.25, 0.3) is 0 Å². The minimum atomic E-state index is 1.17. The molecule has 0 amide bonds. The van der Waals surface area contributed by atoms with Crippen molar-refractivity contribution < 1.29 is 0 Å². The normalized spacial score (nSPS) is 10.5. The van der Waals surface area contributed by atoms with Gasteiger partial charge in [0, 0.05) is 0 Å². The fourth-order valence-electron chi connectivity index (χ4n) is 2.44. The van der Waals surface area contributed by atoms with Gasteiger partial charge in [0.15, 0.2) is 0 Å². The summed E-state index contributed by atoms with van der Waals surface area (Å²) in [6, 6.07) is 4.79. The summed E-state index contributed by atoms with van der Waals surface area (Å²) in [6.45, 7) is 10.7. The van der Waals surface area contributed by atoms with Gasteiger partial charge in [-0.15, -0.1) is 0 Å². The van der Waals surface area contributed by atoms with Gasteiger partial charge in [-0.1, -0.05) is 64.8 Å². The van der Waals surface area contributed by atoms with Crippen LogP contribution in [-0.4, -0.2) is 0 Å². The third kappa shape index (κ3) is 3.73. The highest BCUT2D eigenvalue weighted by Crippen LogP contribution is 2.22. The molecule has 0 spiro atoms. The lowest BCUT2D eigenvalue weighted by Crippen LogP contribution is -1.99. The predicted octanol–water partition coefficient (Wildman–Crippen LogP) is 5.19. The van der Waals surface area contributed by atoms with Gasteiger partial charge in [0.1, 0.15) is 0 Å². The molecule has 1 aromatic rings. The Morgan fingerprint density at radius 1 is 0.824 bits per heavy atom. The lowest BCUT2D eigenvalue weighted by atomic mass is 9.92. The molecule has 0 atom stereocenters. The Morgan fingerprint density at radius 2 is 1.29 bits per heavy atom. The molecule has 17 heavy (non-hydrogen) atoms. The summed E-state index contributed by atoms with van der Waals surface area (Å²) in [5.74, 6) is 0. The quantitative estimate of drug-likeness (QED) is 0.605. The second-order valence-corrected chi connectivity index (χ2v) is 4.77. The second-order valence-electron chi connectivity index (χ2n) is 4.77. The van der Waals surface area contributed by atoms with Gasteiger partial charge < -0.3 is 0 Å². The van der Waals surface area contributed by atoms with Crippen molar-refractivity contribution in [3.8, 4) is 0 Å². The molecule has 0 aliphatic carbocycles. The molecule has 94 valence electrons. The molecular weight excluding hydrogens is 204 g/mol. The standard InChI is InChI=1S/C17H26/c1-5-9-15-13-17(11-7-3)16(10-6-2)12-14(15)8-4/h8,12-13H,4-7,9-11H2,1-3H3. The first-order chi connectivity index (χ1) is 8.26. The number of rotatable bonds is 7. The maximum absolute atomic E-state index is 3.95. The molecular formula is C17H26. The zero-order valence-corrected chi connectivity index (χ0v) is 11.7. The Balaban J connectivity index is 3.15. The maximum atomic E-state index is 3.95. The van der Waals surface area contributed by atoms with E-state index in [-0.39, 0.29) is 0 Å². The van der Waals surface area contributed by atoms with Crippen molar-refractivity contribution in [2.75, 3.05) is 0 Å². The molecule has 0 heteroatoms. The topological polar surface area (TPSA) is 0 Å². The molecule has 0 saturated carbocycles. The summed E-state index contributed by atoms with van der Waals surface area (Å²) >= 11 is 0. The zero-order valence-electron chi connectivity index (χ0n) is 11.7. The average Bonchev–Trinajstić information content (AvgIpc) is 2.33. The van der Waals surface area contributed by atoms with Crippen LogP contribution >= 0.6 is 0 Å². The number of hydrogen-bond donors (Lipinski definition) is 0. The van der Waals surface area contributed by atoms with Crippen LogP contribution in [0.25, 0.3) is 6.08 Å². The highest BCUT2D eigenvalue weighted by Gasteiger charge is 2.07. The second kappa shape index (κ2) is 7.32. The van der Waals surface area contributed by atoms with Crippen LogP contribution in [0.1, 0.15) is 62.3 Å². The van der Waals surface area contributed by atoms with Crippen molar-refractivity contribution in [2.45, 2.75) is 59.3 Å². The van der Waals surface area contributed by atoms with Gasteiger partial charge in [-0.05, 0) is 41.5 Å². The van der Waals surface area contributed by atoms with E-state index in [1.807, 2.05) is 6.08 Å². The minimum absolute atomic E-state index is 1.17. The van der Waals surface area contributed by atoms with Gasteiger partial charge in [-0.25, -0.2) is 0 Å². The molecule has 0 fully saturated rings. The molecule has 0 saturated heterocycles. The van der Waals surface area contributed by atoms with E-state index in [9.17, 15) is 0 Å². The van der Waals surface area contributed by atoms with E-state index in [0.717, 1.165) is 0 Å². The zero-order chi connectivity index (χ0) is 12.7. The van der Waals surface area contributed by atoms with Crippen LogP contribution in [0, 0.1) is 0 Å². The Hall–Kier alpha value is -1.04. The summed E-state index contributed by atoms with van der Waals surface area (Å²) < 4.78 is 0. The van der Waals surface area contributed by atoms with Crippen LogP contribution in [0.15, 0.2) is 18.7 Å². The SMILES string of the molecule is C=Cc1cc(CCC)c(CCC)cc1CCC. The van der Waals surface area contributed by atoms with Crippen molar-refractivity contribution in [1.82, 2.24) is 0 Å². The third-order valence-corrected chi connectivity index (χ3v) is 3.24. The van der Waals surface area contributed by atoms with Crippen LogP contribution in [0.3, 0.4) is 0 Å². The molecule has 0 radical (unpaired) electrons. The predicted molar refractivity (Wildman–Crippen MR) is 78.5 cm³/mol. The van der Waals surface area contributed by atoms with Crippen LogP contribution < -0.4 is 0 Å². The molecule has 0 aromatic heterocycles.